The second-order valence-electron chi connectivity index (χ2n) is 5.65. The summed E-state index contributed by atoms with van der Waals surface area (Å²) in [5.74, 6) is 0.605. The van der Waals surface area contributed by atoms with Crippen LogP contribution in [0, 0.1) is 0 Å². The van der Waals surface area contributed by atoms with Crippen LogP contribution in [0.1, 0.15) is 36.2 Å². The van der Waals surface area contributed by atoms with Crippen molar-refractivity contribution in [2.75, 3.05) is 13.1 Å². The van der Waals surface area contributed by atoms with Crippen molar-refractivity contribution in [3.63, 3.8) is 0 Å². The van der Waals surface area contributed by atoms with Crippen molar-refractivity contribution in [3.05, 3.63) is 47.2 Å². The molecule has 2 heterocycles. The molecule has 6 heteroatoms. The molecule has 0 radical (unpaired) electrons. The third kappa shape index (κ3) is 4.05. The molecule has 1 aromatic heterocycles. The number of benzene rings is 1. The number of hydrogen-bond donors (Lipinski definition) is 0. The number of amides is 1. The van der Waals surface area contributed by atoms with Gasteiger partial charge in [-0.05, 0) is 31.0 Å². The number of ether oxygens (including phenoxy) is 1. The number of rotatable bonds is 4. The van der Waals surface area contributed by atoms with Gasteiger partial charge < -0.3 is 9.64 Å². The van der Waals surface area contributed by atoms with Crippen molar-refractivity contribution in [2.24, 2.45) is 0 Å². The number of nitrogens with zero attached hydrogens (tertiary/aromatic N) is 3. The predicted molar refractivity (Wildman–Crippen MR) is 88.7 cm³/mol. The largest absolute Gasteiger partial charge is 0.470 e. The SMILES string of the molecule is O=C(c1ccn(COc2ccccc2Cl)n1)N1CCCCCC1. The molecule has 122 valence electrons. The highest BCUT2D eigenvalue weighted by molar-refractivity contribution is 6.32. The number of carbonyl (C=O) groups is 1. The fourth-order valence-electron chi connectivity index (χ4n) is 2.68. The van der Waals surface area contributed by atoms with Crippen molar-refractivity contribution >= 4 is 17.5 Å². The molecule has 1 aliphatic rings. The summed E-state index contributed by atoms with van der Waals surface area (Å²) in [4.78, 5) is 14.4. The maximum Gasteiger partial charge on any atom is 0.274 e. The molecule has 0 unspecified atom stereocenters. The average Bonchev–Trinajstić information content (AvgIpc) is 2.87. The van der Waals surface area contributed by atoms with E-state index in [9.17, 15) is 4.79 Å². The summed E-state index contributed by atoms with van der Waals surface area (Å²) < 4.78 is 7.23. The van der Waals surface area contributed by atoms with Gasteiger partial charge in [0.1, 0.15) is 5.75 Å². The quantitative estimate of drug-likeness (QED) is 0.859. The fourth-order valence-corrected chi connectivity index (χ4v) is 2.87. The summed E-state index contributed by atoms with van der Waals surface area (Å²) in [7, 11) is 0. The maximum absolute atomic E-state index is 12.5. The summed E-state index contributed by atoms with van der Waals surface area (Å²) >= 11 is 6.05. The lowest BCUT2D eigenvalue weighted by atomic mass is 10.2. The first-order valence-corrected chi connectivity index (χ1v) is 8.32. The zero-order chi connectivity index (χ0) is 16.1. The topological polar surface area (TPSA) is 47.4 Å². The molecule has 2 aromatic rings. The summed E-state index contributed by atoms with van der Waals surface area (Å²) in [6, 6.07) is 9.02. The van der Waals surface area contributed by atoms with Crippen molar-refractivity contribution in [1.29, 1.82) is 0 Å². The molecule has 0 spiro atoms. The first kappa shape index (κ1) is 15.9. The summed E-state index contributed by atoms with van der Waals surface area (Å²) in [6.07, 6.45) is 6.29. The predicted octanol–water partition coefficient (Wildman–Crippen LogP) is 3.59. The normalized spacial score (nSPS) is 15.3. The molecule has 1 aromatic carbocycles. The fraction of sp³-hybridized carbons (Fsp3) is 0.412. The van der Waals surface area contributed by atoms with Gasteiger partial charge in [0.15, 0.2) is 12.4 Å². The van der Waals surface area contributed by atoms with Crippen LogP contribution in [0.2, 0.25) is 5.02 Å². The van der Waals surface area contributed by atoms with Gasteiger partial charge in [0, 0.05) is 19.3 Å². The van der Waals surface area contributed by atoms with E-state index < -0.39 is 0 Å². The van der Waals surface area contributed by atoms with Crippen LogP contribution in [0.3, 0.4) is 0 Å². The Bertz CT molecular complexity index is 663. The minimum absolute atomic E-state index is 0.00314. The minimum atomic E-state index is 0.00314. The summed E-state index contributed by atoms with van der Waals surface area (Å²) in [5, 5.41) is 4.87. The highest BCUT2D eigenvalue weighted by atomic mass is 35.5. The molecule has 3 rings (SSSR count). The van der Waals surface area contributed by atoms with Crippen molar-refractivity contribution < 1.29 is 9.53 Å². The molecule has 1 fully saturated rings. The highest BCUT2D eigenvalue weighted by Gasteiger charge is 2.19. The second-order valence-corrected chi connectivity index (χ2v) is 6.06. The third-order valence-corrected chi connectivity index (χ3v) is 4.25. The number of likely N-dealkylation sites (tertiary alicyclic amines) is 1. The van der Waals surface area contributed by atoms with Gasteiger partial charge in [-0.2, -0.15) is 5.10 Å². The molecule has 0 N–H and O–H groups in total. The molecule has 23 heavy (non-hydrogen) atoms. The zero-order valence-corrected chi connectivity index (χ0v) is 13.7. The van der Waals surface area contributed by atoms with Crippen molar-refractivity contribution in [1.82, 2.24) is 14.7 Å². The Morgan fingerprint density at radius 3 is 2.61 bits per heavy atom. The molecule has 1 saturated heterocycles. The van der Waals surface area contributed by atoms with Crippen molar-refractivity contribution in [2.45, 2.75) is 32.4 Å². The molecule has 0 atom stereocenters. The van der Waals surface area contributed by atoms with Crippen LogP contribution in [-0.2, 0) is 6.73 Å². The van der Waals surface area contributed by atoms with E-state index >= 15 is 0 Å². The zero-order valence-electron chi connectivity index (χ0n) is 12.9. The standard InChI is InChI=1S/C17H20ClN3O2/c18-14-7-3-4-8-16(14)23-13-21-12-9-15(19-21)17(22)20-10-5-1-2-6-11-20/h3-4,7-9,12H,1-2,5-6,10-11,13H2. The number of hydrogen-bond acceptors (Lipinski definition) is 3. The van der Waals surface area contributed by atoms with E-state index in [1.807, 2.05) is 17.0 Å². The van der Waals surface area contributed by atoms with Crippen LogP contribution in [-0.4, -0.2) is 33.7 Å². The van der Waals surface area contributed by atoms with Crippen LogP contribution < -0.4 is 4.74 Å². The molecule has 5 nitrogen and oxygen atoms in total. The van der Waals surface area contributed by atoms with E-state index in [-0.39, 0.29) is 12.6 Å². The monoisotopic (exact) mass is 333 g/mol. The van der Waals surface area contributed by atoms with Gasteiger partial charge in [-0.1, -0.05) is 36.6 Å². The Morgan fingerprint density at radius 2 is 1.87 bits per heavy atom. The van der Waals surface area contributed by atoms with E-state index in [1.165, 1.54) is 12.8 Å². The van der Waals surface area contributed by atoms with Gasteiger partial charge in [-0.25, -0.2) is 4.68 Å². The van der Waals surface area contributed by atoms with E-state index in [2.05, 4.69) is 5.10 Å². The summed E-state index contributed by atoms with van der Waals surface area (Å²) in [5.41, 5.74) is 0.467. The van der Waals surface area contributed by atoms with Crippen LogP contribution in [0.25, 0.3) is 0 Å². The number of aromatic nitrogens is 2. The first-order chi connectivity index (χ1) is 11.2. The molecule has 0 saturated carbocycles. The third-order valence-electron chi connectivity index (χ3n) is 3.94. The Kier molecular flexibility index (Phi) is 5.18. The Labute approximate surface area is 140 Å². The first-order valence-electron chi connectivity index (χ1n) is 7.94. The van der Waals surface area contributed by atoms with Gasteiger partial charge >= 0.3 is 0 Å². The second kappa shape index (κ2) is 7.51. The Hall–Kier alpha value is -2.01. The van der Waals surface area contributed by atoms with E-state index in [0.29, 0.717) is 16.5 Å². The molecule has 0 aliphatic carbocycles. The van der Waals surface area contributed by atoms with Gasteiger partial charge in [-0.15, -0.1) is 0 Å². The minimum Gasteiger partial charge on any atom is -0.470 e. The lowest BCUT2D eigenvalue weighted by molar-refractivity contribution is 0.0753. The van der Waals surface area contributed by atoms with E-state index in [4.69, 9.17) is 16.3 Å². The molecular formula is C17H20ClN3O2. The van der Waals surface area contributed by atoms with Gasteiger partial charge in [0.25, 0.3) is 5.91 Å². The molecule has 1 aliphatic heterocycles. The van der Waals surface area contributed by atoms with Crippen LogP contribution in [0.4, 0.5) is 0 Å². The van der Waals surface area contributed by atoms with Gasteiger partial charge in [-0.3, -0.25) is 4.79 Å². The molecule has 1 amide bonds. The number of para-hydroxylation sites is 1. The summed E-state index contributed by atoms with van der Waals surface area (Å²) in [6.45, 7) is 1.86. The molecular weight excluding hydrogens is 314 g/mol. The van der Waals surface area contributed by atoms with Gasteiger partial charge in [0.2, 0.25) is 0 Å². The Morgan fingerprint density at radius 1 is 1.13 bits per heavy atom. The highest BCUT2D eigenvalue weighted by Crippen LogP contribution is 2.23. The van der Waals surface area contributed by atoms with E-state index in [0.717, 1.165) is 25.9 Å². The lowest BCUT2D eigenvalue weighted by Crippen LogP contribution is -2.32. The lowest BCUT2D eigenvalue weighted by Gasteiger charge is -2.18. The number of carbonyl (C=O) groups excluding carboxylic acids is 1. The van der Waals surface area contributed by atoms with E-state index in [1.54, 1.807) is 29.1 Å². The maximum atomic E-state index is 12.5. The van der Waals surface area contributed by atoms with Crippen LogP contribution >= 0.6 is 11.6 Å². The smallest absolute Gasteiger partial charge is 0.274 e. The van der Waals surface area contributed by atoms with Crippen LogP contribution in [0.15, 0.2) is 36.5 Å². The average molecular weight is 334 g/mol. The van der Waals surface area contributed by atoms with Crippen molar-refractivity contribution in [3.8, 4) is 5.75 Å². The van der Waals surface area contributed by atoms with Crippen LogP contribution in [0.5, 0.6) is 5.75 Å². The Balaban J connectivity index is 1.61. The van der Waals surface area contributed by atoms with Gasteiger partial charge in [0.05, 0.1) is 5.02 Å². The number of halogens is 1. The molecule has 0 bridgehead atoms.